The molecule has 2 N–H and O–H groups in total. The molecule has 0 aliphatic rings. The summed E-state index contributed by atoms with van der Waals surface area (Å²) < 4.78 is 1.52. The Labute approximate surface area is 154 Å². The minimum atomic E-state index is -0.290. The lowest BCUT2D eigenvalue weighted by Crippen LogP contribution is -2.27. The van der Waals surface area contributed by atoms with Gasteiger partial charge >= 0.3 is 0 Å². The van der Waals surface area contributed by atoms with Gasteiger partial charge < -0.3 is 10.6 Å². The number of carbonyl (C=O) groups is 2. The van der Waals surface area contributed by atoms with E-state index in [1.807, 2.05) is 37.3 Å². The molecule has 3 rings (SSSR count). The van der Waals surface area contributed by atoms with Crippen LogP contribution < -0.4 is 10.6 Å². The van der Waals surface area contributed by atoms with Gasteiger partial charge in [0.05, 0.1) is 17.7 Å². The predicted octanol–water partition coefficient (Wildman–Crippen LogP) is 1.40. The molecule has 0 aliphatic carbocycles. The van der Waals surface area contributed by atoms with Crippen molar-refractivity contribution in [2.45, 2.75) is 20.0 Å². The number of thiazole rings is 1. The molecule has 8 nitrogen and oxygen atoms in total. The molecule has 0 unspecified atom stereocenters. The molecule has 26 heavy (non-hydrogen) atoms. The lowest BCUT2D eigenvalue weighted by Gasteiger charge is -2.03. The molecule has 0 aliphatic heterocycles. The molecule has 0 radical (unpaired) electrons. The van der Waals surface area contributed by atoms with Gasteiger partial charge in [-0.05, 0) is 12.5 Å². The number of rotatable bonds is 7. The molecule has 0 atom stereocenters. The van der Waals surface area contributed by atoms with Crippen LogP contribution in [-0.2, 0) is 13.1 Å². The van der Waals surface area contributed by atoms with Crippen molar-refractivity contribution in [1.82, 2.24) is 30.6 Å². The lowest BCUT2D eigenvalue weighted by molar-refractivity contribution is 0.0938. The first-order valence-corrected chi connectivity index (χ1v) is 8.92. The van der Waals surface area contributed by atoms with Gasteiger partial charge in [-0.2, -0.15) is 0 Å². The number of carbonyl (C=O) groups excluding carboxylic acids is 2. The quantitative estimate of drug-likeness (QED) is 0.655. The Bertz CT molecular complexity index is 890. The van der Waals surface area contributed by atoms with Crippen molar-refractivity contribution in [1.29, 1.82) is 0 Å². The summed E-state index contributed by atoms with van der Waals surface area (Å²) in [5.41, 5.74) is 1.66. The van der Waals surface area contributed by atoms with E-state index in [4.69, 9.17) is 0 Å². The Morgan fingerprint density at radius 1 is 1.12 bits per heavy atom. The van der Waals surface area contributed by atoms with Crippen molar-refractivity contribution >= 4 is 23.2 Å². The van der Waals surface area contributed by atoms with Crippen molar-refractivity contribution in [2.75, 3.05) is 6.54 Å². The fourth-order valence-corrected chi connectivity index (χ4v) is 2.82. The van der Waals surface area contributed by atoms with Crippen LogP contribution in [0.2, 0.25) is 0 Å². The van der Waals surface area contributed by atoms with E-state index in [2.05, 4.69) is 25.9 Å². The second-order valence-electron chi connectivity index (χ2n) is 5.54. The first-order valence-electron chi connectivity index (χ1n) is 8.04. The second-order valence-corrected chi connectivity index (χ2v) is 6.61. The average molecular weight is 370 g/mol. The van der Waals surface area contributed by atoms with Crippen LogP contribution >= 0.6 is 11.3 Å². The van der Waals surface area contributed by atoms with E-state index >= 15 is 0 Å². The van der Waals surface area contributed by atoms with E-state index in [-0.39, 0.29) is 17.5 Å². The molecule has 0 saturated heterocycles. The number of nitrogens with one attached hydrogen (secondary N) is 2. The number of aromatic nitrogens is 4. The molecule has 0 fully saturated rings. The summed E-state index contributed by atoms with van der Waals surface area (Å²) in [6, 6.07) is 9.62. The summed E-state index contributed by atoms with van der Waals surface area (Å²) in [5.74, 6) is -0.516. The third-order valence-electron chi connectivity index (χ3n) is 3.55. The molecule has 2 amide bonds. The summed E-state index contributed by atoms with van der Waals surface area (Å²) in [5, 5.41) is 15.9. The summed E-state index contributed by atoms with van der Waals surface area (Å²) in [6.45, 7) is 3.05. The van der Waals surface area contributed by atoms with Crippen LogP contribution in [0.15, 0.2) is 41.9 Å². The Balaban J connectivity index is 1.45. The molecule has 134 valence electrons. The molecule has 9 heteroatoms. The molecular weight excluding hydrogens is 352 g/mol. The van der Waals surface area contributed by atoms with Crippen molar-refractivity contribution < 1.29 is 9.59 Å². The normalized spacial score (nSPS) is 10.5. The number of amides is 2. The van der Waals surface area contributed by atoms with Gasteiger partial charge in [0.2, 0.25) is 0 Å². The van der Waals surface area contributed by atoms with Crippen molar-refractivity contribution in [3.63, 3.8) is 0 Å². The van der Waals surface area contributed by atoms with Gasteiger partial charge in [-0.3, -0.25) is 9.59 Å². The highest BCUT2D eigenvalue weighted by molar-refractivity contribution is 7.09. The van der Waals surface area contributed by atoms with Gasteiger partial charge in [0.15, 0.2) is 5.69 Å². The SMILES string of the molecule is Cc1nc(C(=O)NCCn2cc(C(=O)NCc3ccccc3)nn2)cs1. The highest BCUT2D eigenvalue weighted by atomic mass is 32.1. The van der Waals surface area contributed by atoms with Gasteiger partial charge in [0, 0.05) is 18.5 Å². The van der Waals surface area contributed by atoms with Gasteiger partial charge in [0.1, 0.15) is 5.69 Å². The maximum Gasteiger partial charge on any atom is 0.273 e. The molecule has 0 spiro atoms. The highest BCUT2D eigenvalue weighted by Gasteiger charge is 2.11. The third-order valence-corrected chi connectivity index (χ3v) is 4.32. The monoisotopic (exact) mass is 370 g/mol. The first kappa shape index (κ1) is 17.7. The minimum absolute atomic E-state index is 0.227. The van der Waals surface area contributed by atoms with Crippen LogP contribution in [0.5, 0.6) is 0 Å². The molecule has 3 aromatic rings. The zero-order valence-electron chi connectivity index (χ0n) is 14.2. The fraction of sp³-hybridized carbons (Fsp3) is 0.235. The minimum Gasteiger partial charge on any atom is -0.349 e. The van der Waals surface area contributed by atoms with Gasteiger partial charge in [-0.25, -0.2) is 9.67 Å². The van der Waals surface area contributed by atoms with Gasteiger partial charge in [-0.1, -0.05) is 35.5 Å². The van der Waals surface area contributed by atoms with Crippen LogP contribution in [0.1, 0.15) is 31.5 Å². The predicted molar refractivity (Wildman–Crippen MR) is 96.8 cm³/mol. The molecule has 2 aromatic heterocycles. The number of hydrogen-bond donors (Lipinski definition) is 2. The van der Waals surface area contributed by atoms with Crippen molar-refractivity contribution in [3.8, 4) is 0 Å². The zero-order valence-corrected chi connectivity index (χ0v) is 15.0. The second kappa shape index (κ2) is 8.34. The largest absolute Gasteiger partial charge is 0.349 e. The first-order chi connectivity index (χ1) is 12.6. The summed E-state index contributed by atoms with van der Waals surface area (Å²) in [4.78, 5) is 28.1. The Morgan fingerprint density at radius 2 is 1.88 bits per heavy atom. The Hall–Kier alpha value is -3.07. The van der Waals surface area contributed by atoms with Crippen LogP contribution in [0, 0.1) is 6.92 Å². The maximum absolute atomic E-state index is 12.1. The zero-order chi connectivity index (χ0) is 18.4. The van der Waals surface area contributed by atoms with Crippen molar-refractivity contribution in [3.05, 3.63) is 63.9 Å². The van der Waals surface area contributed by atoms with Crippen LogP contribution in [-0.4, -0.2) is 38.3 Å². The van der Waals surface area contributed by atoms with Gasteiger partial charge in [0.25, 0.3) is 11.8 Å². The van der Waals surface area contributed by atoms with Crippen LogP contribution in [0.4, 0.5) is 0 Å². The highest BCUT2D eigenvalue weighted by Crippen LogP contribution is 2.07. The van der Waals surface area contributed by atoms with E-state index in [0.717, 1.165) is 10.6 Å². The number of hydrogen-bond acceptors (Lipinski definition) is 6. The van der Waals surface area contributed by atoms with E-state index in [0.29, 0.717) is 25.3 Å². The smallest absolute Gasteiger partial charge is 0.273 e. The molecule has 2 heterocycles. The standard InChI is InChI=1S/C17H18N6O2S/c1-12-20-15(11-26-12)17(25)18-7-8-23-10-14(21-22-23)16(24)19-9-13-5-3-2-4-6-13/h2-6,10-11H,7-9H2,1H3,(H,18,25)(H,19,24). The summed E-state index contributed by atoms with van der Waals surface area (Å²) >= 11 is 1.43. The Kier molecular flexibility index (Phi) is 5.69. The van der Waals surface area contributed by atoms with E-state index in [9.17, 15) is 9.59 Å². The third kappa shape index (κ3) is 4.73. The van der Waals surface area contributed by atoms with Crippen LogP contribution in [0.3, 0.4) is 0 Å². The average Bonchev–Trinajstić information content (AvgIpc) is 3.30. The molecular formula is C17H18N6O2S. The number of nitrogens with zero attached hydrogens (tertiary/aromatic N) is 4. The summed E-state index contributed by atoms with van der Waals surface area (Å²) in [6.07, 6.45) is 1.56. The maximum atomic E-state index is 12.1. The lowest BCUT2D eigenvalue weighted by atomic mass is 10.2. The molecule has 0 bridgehead atoms. The van der Waals surface area contributed by atoms with Crippen LogP contribution in [0.25, 0.3) is 0 Å². The van der Waals surface area contributed by atoms with E-state index in [1.165, 1.54) is 16.0 Å². The molecule has 1 aromatic carbocycles. The molecule has 0 saturated carbocycles. The van der Waals surface area contributed by atoms with E-state index < -0.39 is 0 Å². The Morgan fingerprint density at radius 3 is 2.62 bits per heavy atom. The van der Waals surface area contributed by atoms with E-state index in [1.54, 1.807) is 11.6 Å². The number of benzene rings is 1. The fourth-order valence-electron chi connectivity index (χ4n) is 2.22. The summed E-state index contributed by atoms with van der Waals surface area (Å²) in [7, 11) is 0. The topological polar surface area (TPSA) is 102 Å². The van der Waals surface area contributed by atoms with Crippen molar-refractivity contribution in [2.24, 2.45) is 0 Å². The van der Waals surface area contributed by atoms with Gasteiger partial charge in [-0.15, -0.1) is 16.4 Å². The number of aryl methyl sites for hydroxylation is 1.